The summed E-state index contributed by atoms with van der Waals surface area (Å²) < 4.78 is 5.49. The molecule has 1 atom stereocenters. The number of benzene rings is 1. The summed E-state index contributed by atoms with van der Waals surface area (Å²) in [6.07, 6.45) is 1.93. The third-order valence-electron chi connectivity index (χ3n) is 3.82. The smallest absolute Gasteiger partial charge is 0.255 e. The summed E-state index contributed by atoms with van der Waals surface area (Å²) in [7, 11) is 0. The number of Topliss-reactive ketones (excluding diaryl/α,β-unsaturated/α-hetero) is 1. The number of ketones is 1. The topological polar surface area (TPSA) is 67.4 Å². The van der Waals surface area contributed by atoms with Gasteiger partial charge in [0.05, 0.1) is 12.1 Å². The SMILES string of the molecule is O=C1NCCOc2ccc(C(=O)C3CCCNC3)cc21. The van der Waals surface area contributed by atoms with Crippen LogP contribution in [0.3, 0.4) is 0 Å². The van der Waals surface area contributed by atoms with Gasteiger partial charge in [0.2, 0.25) is 0 Å². The fourth-order valence-electron chi connectivity index (χ4n) is 2.72. The molecule has 1 saturated heterocycles. The highest BCUT2D eigenvalue weighted by atomic mass is 16.5. The molecule has 3 rings (SSSR count). The number of hydrogen-bond acceptors (Lipinski definition) is 4. The van der Waals surface area contributed by atoms with E-state index in [1.807, 2.05) is 0 Å². The lowest BCUT2D eigenvalue weighted by atomic mass is 9.90. The Bertz CT molecular complexity index is 536. The molecule has 1 amide bonds. The number of amides is 1. The van der Waals surface area contributed by atoms with Gasteiger partial charge in [-0.25, -0.2) is 0 Å². The lowest BCUT2D eigenvalue weighted by Crippen LogP contribution is -2.34. The van der Waals surface area contributed by atoms with E-state index in [-0.39, 0.29) is 17.6 Å². The van der Waals surface area contributed by atoms with Crippen LogP contribution in [-0.2, 0) is 0 Å². The summed E-state index contributed by atoms with van der Waals surface area (Å²) >= 11 is 0. The van der Waals surface area contributed by atoms with Crippen LogP contribution in [0.5, 0.6) is 5.75 Å². The molecule has 2 heterocycles. The average molecular weight is 274 g/mol. The second-order valence-electron chi connectivity index (χ2n) is 5.22. The van der Waals surface area contributed by atoms with Crippen molar-refractivity contribution in [1.29, 1.82) is 0 Å². The van der Waals surface area contributed by atoms with Crippen LogP contribution in [0, 0.1) is 5.92 Å². The van der Waals surface area contributed by atoms with Crippen LogP contribution in [0.4, 0.5) is 0 Å². The maximum absolute atomic E-state index is 12.5. The van der Waals surface area contributed by atoms with Crippen molar-refractivity contribution < 1.29 is 14.3 Å². The predicted molar refractivity (Wildman–Crippen MR) is 74.2 cm³/mol. The van der Waals surface area contributed by atoms with E-state index in [4.69, 9.17) is 4.74 Å². The number of fused-ring (bicyclic) bond motifs is 1. The van der Waals surface area contributed by atoms with E-state index in [2.05, 4.69) is 10.6 Å². The average Bonchev–Trinajstić information content (AvgIpc) is 2.69. The first-order valence-electron chi connectivity index (χ1n) is 7.05. The molecule has 0 aliphatic carbocycles. The van der Waals surface area contributed by atoms with Crippen LogP contribution in [0.25, 0.3) is 0 Å². The Labute approximate surface area is 117 Å². The van der Waals surface area contributed by atoms with Crippen LogP contribution in [-0.4, -0.2) is 37.9 Å². The lowest BCUT2D eigenvalue weighted by molar-refractivity contribution is 0.0899. The zero-order valence-electron chi connectivity index (χ0n) is 11.3. The number of carbonyl (C=O) groups is 2. The number of hydrogen-bond donors (Lipinski definition) is 2. The van der Waals surface area contributed by atoms with E-state index in [9.17, 15) is 9.59 Å². The Hall–Kier alpha value is -1.88. The van der Waals surface area contributed by atoms with Crippen LogP contribution in [0.15, 0.2) is 18.2 Å². The normalized spacial score (nSPS) is 22.2. The molecule has 0 radical (unpaired) electrons. The van der Waals surface area contributed by atoms with Gasteiger partial charge in [0.15, 0.2) is 5.78 Å². The van der Waals surface area contributed by atoms with Crippen molar-refractivity contribution in [3.05, 3.63) is 29.3 Å². The van der Waals surface area contributed by atoms with Crippen molar-refractivity contribution in [3.8, 4) is 5.75 Å². The molecule has 2 aliphatic rings. The molecule has 1 unspecified atom stereocenters. The summed E-state index contributed by atoms with van der Waals surface area (Å²) in [6, 6.07) is 5.14. The van der Waals surface area contributed by atoms with Crippen LogP contribution >= 0.6 is 0 Å². The summed E-state index contributed by atoms with van der Waals surface area (Å²) in [5.41, 5.74) is 1.05. The van der Waals surface area contributed by atoms with Gasteiger partial charge in [-0.1, -0.05) is 0 Å². The fraction of sp³-hybridized carbons (Fsp3) is 0.467. The summed E-state index contributed by atoms with van der Waals surface area (Å²) in [6.45, 7) is 2.64. The van der Waals surface area contributed by atoms with E-state index >= 15 is 0 Å². The zero-order valence-corrected chi connectivity index (χ0v) is 11.3. The number of nitrogens with one attached hydrogen (secondary N) is 2. The molecule has 0 saturated carbocycles. The number of rotatable bonds is 2. The molecule has 2 N–H and O–H groups in total. The van der Waals surface area contributed by atoms with E-state index < -0.39 is 0 Å². The molecule has 1 aromatic rings. The van der Waals surface area contributed by atoms with Crippen molar-refractivity contribution >= 4 is 11.7 Å². The van der Waals surface area contributed by atoms with Crippen LogP contribution < -0.4 is 15.4 Å². The van der Waals surface area contributed by atoms with Gasteiger partial charge in [-0.15, -0.1) is 0 Å². The third-order valence-corrected chi connectivity index (χ3v) is 3.82. The molecule has 0 bridgehead atoms. The fourth-order valence-corrected chi connectivity index (χ4v) is 2.72. The molecule has 0 spiro atoms. The van der Waals surface area contributed by atoms with Gasteiger partial charge in [0.1, 0.15) is 12.4 Å². The highest BCUT2D eigenvalue weighted by Crippen LogP contribution is 2.24. The Morgan fingerprint density at radius 2 is 2.20 bits per heavy atom. The Balaban J connectivity index is 1.87. The Morgan fingerprint density at radius 1 is 1.30 bits per heavy atom. The van der Waals surface area contributed by atoms with Gasteiger partial charge in [-0.05, 0) is 37.6 Å². The van der Waals surface area contributed by atoms with Crippen molar-refractivity contribution in [2.75, 3.05) is 26.2 Å². The van der Waals surface area contributed by atoms with Gasteiger partial charge < -0.3 is 15.4 Å². The maximum Gasteiger partial charge on any atom is 0.255 e. The van der Waals surface area contributed by atoms with E-state index in [0.717, 1.165) is 25.9 Å². The van der Waals surface area contributed by atoms with E-state index in [0.29, 0.717) is 30.0 Å². The Morgan fingerprint density at radius 3 is 3.00 bits per heavy atom. The largest absolute Gasteiger partial charge is 0.491 e. The standard InChI is InChI=1S/C15H18N2O3/c18-14(11-2-1-5-16-9-11)10-3-4-13-12(8-10)15(19)17-6-7-20-13/h3-4,8,11,16H,1-2,5-7,9H2,(H,17,19). The van der Waals surface area contributed by atoms with Gasteiger partial charge >= 0.3 is 0 Å². The van der Waals surface area contributed by atoms with Crippen molar-refractivity contribution in [1.82, 2.24) is 10.6 Å². The highest BCUT2D eigenvalue weighted by Gasteiger charge is 2.24. The van der Waals surface area contributed by atoms with Crippen LogP contribution in [0.1, 0.15) is 33.6 Å². The number of piperidine rings is 1. The second kappa shape index (κ2) is 5.63. The van der Waals surface area contributed by atoms with Gasteiger partial charge in [-0.2, -0.15) is 0 Å². The molecule has 5 nitrogen and oxygen atoms in total. The molecular weight excluding hydrogens is 256 g/mol. The minimum Gasteiger partial charge on any atom is -0.491 e. The first-order valence-corrected chi connectivity index (χ1v) is 7.05. The molecule has 20 heavy (non-hydrogen) atoms. The molecule has 106 valence electrons. The maximum atomic E-state index is 12.5. The number of carbonyl (C=O) groups excluding carboxylic acids is 2. The first-order chi connectivity index (χ1) is 9.75. The summed E-state index contributed by atoms with van der Waals surface area (Å²) in [4.78, 5) is 24.4. The molecular formula is C15H18N2O3. The Kier molecular flexibility index (Phi) is 3.69. The molecule has 0 aromatic heterocycles. The first kappa shape index (κ1) is 13.1. The van der Waals surface area contributed by atoms with E-state index in [1.54, 1.807) is 18.2 Å². The zero-order chi connectivity index (χ0) is 13.9. The third kappa shape index (κ3) is 2.54. The molecule has 2 aliphatic heterocycles. The van der Waals surface area contributed by atoms with Gasteiger partial charge in [-0.3, -0.25) is 9.59 Å². The molecule has 5 heteroatoms. The molecule has 1 aromatic carbocycles. The predicted octanol–water partition coefficient (Wildman–Crippen LogP) is 0.991. The highest BCUT2D eigenvalue weighted by molar-refractivity contribution is 6.03. The van der Waals surface area contributed by atoms with Crippen LogP contribution in [0.2, 0.25) is 0 Å². The van der Waals surface area contributed by atoms with Gasteiger partial charge in [0, 0.05) is 18.0 Å². The minimum atomic E-state index is -0.172. The molecule has 1 fully saturated rings. The monoisotopic (exact) mass is 274 g/mol. The quantitative estimate of drug-likeness (QED) is 0.789. The van der Waals surface area contributed by atoms with Crippen molar-refractivity contribution in [3.63, 3.8) is 0 Å². The minimum absolute atomic E-state index is 0.0107. The number of ether oxygens (including phenoxy) is 1. The van der Waals surface area contributed by atoms with E-state index in [1.165, 1.54) is 0 Å². The van der Waals surface area contributed by atoms with Crippen molar-refractivity contribution in [2.45, 2.75) is 12.8 Å². The summed E-state index contributed by atoms with van der Waals surface area (Å²) in [5.74, 6) is 0.501. The van der Waals surface area contributed by atoms with Crippen molar-refractivity contribution in [2.24, 2.45) is 5.92 Å². The van der Waals surface area contributed by atoms with Gasteiger partial charge in [0.25, 0.3) is 5.91 Å². The lowest BCUT2D eigenvalue weighted by Gasteiger charge is -2.21. The summed E-state index contributed by atoms with van der Waals surface area (Å²) in [5, 5.41) is 6.00. The second-order valence-corrected chi connectivity index (χ2v) is 5.22.